The first-order chi connectivity index (χ1) is 4.90. The molecule has 0 heterocycles. The van der Waals surface area contributed by atoms with E-state index in [2.05, 4.69) is 0 Å². The largest absolute Gasteiger partial charge is 1.00 e. The lowest BCUT2D eigenvalue weighted by Crippen LogP contribution is -3.00. The van der Waals surface area contributed by atoms with Gasteiger partial charge in [-0.1, -0.05) is 0 Å². The normalized spacial score (nSPS) is 13.4. The van der Waals surface area contributed by atoms with Gasteiger partial charge in [0.1, 0.15) is 5.78 Å². The van der Waals surface area contributed by atoms with Gasteiger partial charge < -0.3 is 26.6 Å². The number of carbonyl (C=O) groups is 1. The molecule has 0 aliphatic carbocycles. The van der Waals surface area contributed by atoms with Crippen molar-refractivity contribution in [1.82, 2.24) is 0 Å². The molecule has 0 amide bonds. The summed E-state index contributed by atoms with van der Waals surface area (Å²) in [4.78, 5) is 10.6. The first kappa shape index (κ1) is 14.6. The summed E-state index contributed by atoms with van der Waals surface area (Å²) in [5, 5.41) is 9.50. The molecule has 0 aliphatic heterocycles. The number of quaternary nitrogens is 1. The van der Waals surface area contributed by atoms with Gasteiger partial charge in [-0.25, -0.2) is 0 Å². The second-order valence-corrected chi connectivity index (χ2v) is 3.48. The van der Waals surface area contributed by atoms with E-state index >= 15 is 0 Å². The van der Waals surface area contributed by atoms with Crippen LogP contribution in [0.1, 0.15) is 20.3 Å². The topological polar surface area (TPSA) is 37.3 Å². The SMILES string of the molecule is CC[N+](C)(C)C(O)CC(C)=O.[Br-]. The van der Waals surface area contributed by atoms with Crippen LogP contribution < -0.4 is 17.0 Å². The van der Waals surface area contributed by atoms with Crippen LogP contribution in [0.4, 0.5) is 0 Å². The Morgan fingerprint density at radius 1 is 1.50 bits per heavy atom. The van der Waals surface area contributed by atoms with Crippen LogP contribution in [-0.4, -0.2) is 42.2 Å². The summed E-state index contributed by atoms with van der Waals surface area (Å²) in [7, 11) is 3.82. The lowest BCUT2D eigenvalue weighted by atomic mass is 10.2. The van der Waals surface area contributed by atoms with Crippen LogP contribution in [0.15, 0.2) is 0 Å². The molecule has 0 radical (unpaired) electrons. The molecule has 0 aromatic rings. The standard InChI is InChI=1S/C8H18NO2.BrH/c1-5-9(3,4)8(11)6-7(2)10;/h8,11H,5-6H2,1-4H3;1H/q+1;/p-1. The molecule has 1 unspecified atom stereocenters. The Balaban J connectivity index is 0. The maximum Gasteiger partial charge on any atom is 0.197 e. The van der Waals surface area contributed by atoms with Gasteiger partial charge >= 0.3 is 0 Å². The monoisotopic (exact) mass is 239 g/mol. The molecule has 4 heteroatoms. The van der Waals surface area contributed by atoms with Gasteiger partial charge in [0, 0.05) is 0 Å². The van der Waals surface area contributed by atoms with Gasteiger partial charge in [0.15, 0.2) is 6.23 Å². The molecule has 12 heavy (non-hydrogen) atoms. The minimum atomic E-state index is -0.558. The van der Waals surface area contributed by atoms with Crippen molar-refractivity contribution in [2.24, 2.45) is 0 Å². The zero-order chi connectivity index (χ0) is 9.07. The van der Waals surface area contributed by atoms with E-state index < -0.39 is 6.23 Å². The second-order valence-electron chi connectivity index (χ2n) is 3.48. The molecule has 0 saturated heterocycles. The zero-order valence-electron chi connectivity index (χ0n) is 8.17. The summed E-state index contributed by atoms with van der Waals surface area (Å²) in [6, 6.07) is 0. The van der Waals surface area contributed by atoms with Gasteiger partial charge in [0.2, 0.25) is 0 Å². The van der Waals surface area contributed by atoms with E-state index in [-0.39, 0.29) is 29.2 Å². The smallest absolute Gasteiger partial charge is 0.197 e. The molecule has 0 aliphatic rings. The van der Waals surface area contributed by atoms with Crippen molar-refractivity contribution < 1.29 is 31.4 Å². The Morgan fingerprint density at radius 2 is 1.92 bits per heavy atom. The zero-order valence-corrected chi connectivity index (χ0v) is 9.76. The highest BCUT2D eigenvalue weighted by Crippen LogP contribution is 2.07. The molecule has 0 aromatic heterocycles. The van der Waals surface area contributed by atoms with E-state index in [0.717, 1.165) is 6.54 Å². The Morgan fingerprint density at radius 3 is 2.17 bits per heavy atom. The number of rotatable bonds is 4. The number of hydrogen-bond donors (Lipinski definition) is 1. The molecule has 0 bridgehead atoms. The fourth-order valence-electron chi connectivity index (χ4n) is 0.715. The molecule has 1 N–H and O–H groups in total. The molecule has 0 fully saturated rings. The highest BCUT2D eigenvalue weighted by Gasteiger charge is 2.24. The van der Waals surface area contributed by atoms with E-state index in [1.54, 1.807) is 0 Å². The molecule has 74 valence electrons. The summed E-state index contributed by atoms with van der Waals surface area (Å²) >= 11 is 0. The van der Waals surface area contributed by atoms with Crippen LogP contribution in [0.5, 0.6) is 0 Å². The Labute approximate surface area is 84.7 Å². The number of aliphatic hydroxyl groups excluding tert-OH is 1. The molecule has 3 nitrogen and oxygen atoms in total. The fourth-order valence-corrected chi connectivity index (χ4v) is 0.715. The minimum absolute atomic E-state index is 0. The summed E-state index contributed by atoms with van der Waals surface area (Å²) in [5.41, 5.74) is 0. The molecule has 0 aromatic carbocycles. The van der Waals surface area contributed by atoms with Crippen LogP contribution in [0, 0.1) is 0 Å². The predicted molar refractivity (Wildman–Crippen MR) is 44.0 cm³/mol. The highest BCUT2D eigenvalue weighted by molar-refractivity contribution is 5.75. The molecule has 0 spiro atoms. The van der Waals surface area contributed by atoms with E-state index in [1.807, 2.05) is 21.0 Å². The maximum atomic E-state index is 10.6. The number of ketones is 1. The first-order valence-electron chi connectivity index (χ1n) is 3.90. The van der Waals surface area contributed by atoms with Crippen LogP contribution in [0.2, 0.25) is 0 Å². The van der Waals surface area contributed by atoms with Crippen molar-refractivity contribution in [3.8, 4) is 0 Å². The summed E-state index contributed by atoms with van der Waals surface area (Å²) in [5.74, 6) is 0.0390. The lowest BCUT2D eigenvalue weighted by Gasteiger charge is -2.32. The summed E-state index contributed by atoms with van der Waals surface area (Å²) < 4.78 is 0.486. The van der Waals surface area contributed by atoms with Crippen molar-refractivity contribution in [3.05, 3.63) is 0 Å². The third-order valence-corrected chi connectivity index (χ3v) is 2.09. The second kappa shape index (κ2) is 5.67. The Hall–Kier alpha value is 0.0700. The molecule has 0 rings (SSSR count). The fraction of sp³-hybridized carbons (Fsp3) is 0.875. The van der Waals surface area contributed by atoms with Crippen LogP contribution in [0.25, 0.3) is 0 Å². The van der Waals surface area contributed by atoms with E-state index in [1.165, 1.54) is 6.92 Å². The predicted octanol–water partition coefficient (Wildman–Crippen LogP) is -2.62. The summed E-state index contributed by atoms with van der Waals surface area (Å²) in [6.07, 6.45) is -0.307. The number of hydrogen-bond acceptors (Lipinski definition) is 2. The van der Waals surface area contributed by atoms with Crippen LogP contribution in [-0.2, 0) is 4.79 Å². The van der Waals surface area contributed by atoms with Crippen molar-refractivity contribution >= 4 is 5.78 Å². The van der Waals surface area contributed by atoms with Gasteiger partial charge in [0.25, 0.3) is 0 Å². The third-order valence-electron chi connectivity index (χ3n) is 2.09. The van der Waals surface area contributed by atoms with Crippen LogP contribution in [0.3, 0.4) is 0 Å². The first-order valence-corrected chi connectivity index (χ1v) is 3.90. The Bertz CT molecular complexity index is 148. The van der Waals surface area contributed by atoms with Crippen molar-refractivity contribution in [3.63, 3.8) is 0 Å². The Kier molecular flexibility index (Phi) is 6.89. The van der Waals surface area contributed by atoms with Crippen molar-refractivity contribution in [2.75, 3.05) is 20.6 Å². The molecule has 1 atom stereocenters. The van der Waals surface area contributed by atoms with E-state index in [4.69, 9.17) is 0 Å². The van der Waals surface area contributed by atoms with E-state index in [0.29, 0.717) is 4.48 Å². The quantitative estimate of drug-likeness (QED) is 0.431. The number of carbonyl (C=O) groups excluding carboxylic acids is 1. The van der Waals surface area contributed by atoms with Gasteiger partial charge in [0.05, 0.1) is 27.1 Å². The van der Waals surface area contributed by atoms with E-state index in [9.17, 15) is 9.90 Å². The average molecular weight is 240 g/mol. The molecule has 0 saturated carbocycles. The minimum Gasteiger partial charge on any atom is -1.00 e. The number of Topliss-reactive ketones (excluding diaryl/α,β-unsaturated/α-hetero) is 1. The van der Waals surface area contributed by atoms with Crippen LogP contribution >= 0.6 is 0 Å². The summed E-state index contributed by atoms with van der Waals surface area (Å²) in [6.45, 7) is 4.32. The average Bonchev–Trinajstić information content (AvgIpc) is 1.86. The lowest BCUT2D eigenvalue weighted by molar-refractivity contribution is -0.934. The van der Waals surface area contributed by atoms with Gasteiger partial charge in [-0.3, -0.25) is 4.79 Å². The molecular formula is C8H18BrNO2. The van der Waals surface area contributed by atoms with Gasteiger partial charge in [-0.2, -0.15) is 0 Å². The third kappa shape index (κ3) is 4.85. The van der Waals surface area contributed by atoms with Gasteiger partial charge in [-0.05, 0) is 13.8 Å². The number of halogens is 1. The maximum absolute atomic E-state index is 10.6. The van der Waals surface area contributed by atoms with Crippen molar-refractivity contribution in [1.29, 1.82) is 0 Å². The molecular weight excluding hydrogens is 222 g/mol. The van der Waals surface area contributed by atoms with Crippen molar-refractivity contribution in [2.45, 2.75) is 26.5 Å². The number of nitrogens with zero attached hydrogens (tertiary/aromatic N) is 1. The number of aliphatic hydroxyl groups is 1. The highest BCUT2D eigenvalue weighted by atomic mass is 79.9. The van der Waals surface area contributed by atoms with Gasteiger partial charge in [-0.15, -0.1) is 0 Å².